The average Bonchev–Trinajstić information content (AvgIpc) is 2.32. The Balaban J connectivity index is 2.57. The van der Waals surface area contributed by atoms with Crippen LogP contribution < -0.4 is 10.5 Å². The highest BCUT2D eigenvalue weighted by molar-refractivity contribution is 7.90. The van der Waals surface area contributed by atoms with Crippen molar-refractivity contribution in [2.75, 3.05) is 18.6 Å². The Hall–Kier alpha value is -1.45. The number of nitrogens with one attached hydrogen (secondary N) is 1. The molecule has 1 amide bonds. The first-order chi connectivity index (χ1) is 9.09. The predicted octanol–water partition coefficient (Wildman–Crippen LogP) is -0.501. The van der Waals surface area contributed by atoms with Crippen molar-refractivity contribution in [3.63, 3.8) is 0 Å². The fourth-order valence-corrected chi connectivity index (χ4v) is 2.61. The van der Waals surface area contributed by atoms with Gasteiger partial charge in [-0.05, 0) is 30.7 Å². The van der Waals surface area contributed by atoms with Crippen LogP contribution >= 0.6 is 0 Å². The van der Waals surface area contributed by atoms with Gasteiger partial charge in [0.2, 0.25) is 10.0 Å². The van der Waals surface area contributed by atoms with Crippen molar-refractivity contribution in [1.82, 2.24) is 5.32 Å². The second-order valence-corrected chi connectivity index (χ2v) is 8.02. The number of nitrogens with two attached hydrogens (primary N) is 1. The molecule has 0 aliphatic rings. The van der Waals surface area contributed by atoms with Crippen LogP contribution in [0.15, 0.2) is 29.2 Å². The zero-order valence-electron chi connectivity index (χ0n) is 10.9. The number of hydrogen-bond donors (Lipinski definition) is 2. The van der Waals surface area contributed by atoms with E-state index >= 15 is 0 Å². The first-order valence-electron chi connectivity index (χ1n) is 5.68. The molecule has 9 heteroatoms. The number of primary sulfonamides is 1. The Kier molecular flexibility index (Phi) is 5.26. The maximum Gasteiger partial charge on any atom is 0.251 e. The lowest BCUT2D eigenvalue weighted by Crippen LogP contribution is -2.27. The van der Waals surface area contributed by atoms with Crippen LogP contribution in [0.4, 0.5) is 0 Å². The number of carbonyl (C=O) groups is 1. The van der Waals surface area contributed by atoms with Gasteiger partial charge in [-0.15, -0.1) is 0 Å². The number of sulfone groups is 1. The number of sulfonamides is 1. The molecular weight excluding hydrogens is 304 g/mol. The largest absolute Gasteiger partial charge is 0.352 e. The second kappa shape index (κ2) is 6.33. The number of amides is 1. The molecule has 0 bridgehead atoms. The molecule has 0 aliphatic heterocycles. The van der Waals surface area contributed by atoms with Crippen molar-refractivity contribution >= 4 is 25.8 Å². The van der Waals surface area contributed by atoms with Crippen molar-refractivity contribution in [2.24, 2.45) is 5.14 Å². The molecule has 0 fully saturated rings. The fraction of sp³-hybridized carbons (Fsp3) is 0.364. The third kappa shape index (κ3) is 5.68. The Morgan fingerprint density at radius 1 is 1.15 bits per heavy atom. The van der Waals surface area contributed by atoms with Crippen LogP contribution in [0.2, 0.25) is 0 Å². The topological polar surface area (TPSA) is 123 Å². The molecule has 0 aromatic heterocycles. The molecule has 20 heavy (non-hydrogen) atoms. The van der Waals surface area contributed by atoms with Crippen LogP contribution in [0.3, 0.4) is 0 Å². The van der Waals surface area contributed by atoms with Crippen molar-refractivity contribution in [3.05, 3.63) is 29.8 Å². The summed E-state index contributed by atoms with van der Waals surface area (Å²) >= 11 is 0. The summed E-state index contributed by atoms with van der Waals surface area (Å²) < 4.78 is 43.9. The molecule has 1 rings (SSSR count). The lowest BCUT2D eigenvalue weighted by molar-refractivity contribution is 0.0953. The van der Waals surface area contributed by atoms with Gasteiger partial charge in [0, 0.05) is 18.4 Å². The molecule has 0 radical (unpaired) electrons. The SMILES string of the molecule is CS(=O)(=O)c1ccc(C(=O)NCCCS(N)(=O)=O)cc1. The van der Waals surface area contributed by atoms with Crippen molar-refractivity contribution < 1.29 is 21.6 Å². The van der Waals surface area contributed by atoms with E-state index in [2.05, 4.69) is 5.32 Å². The molecule has 7 nitrogen and oxygen atoms in total. The number of rotatable bonds is 6. The third-order valence-electron chi connectivity index (χ3n) is 2.44. The lowest BCUT2D eigenvalue weighted by Gasteiger charge is -2.05. The van der Waals surface area contributed by atoms with Crippen molar-refractivity contribution in [2.45, 2.75) is 11.3 Å². The van der Waals surface area contributed by atoms with E-state index in [1.807, 2.05) is 0 Å². The van der Waals surface area contributed by atoms with Gasteiger partial charge in [0.1, 0.15) is 0 Å². The van der Waals surface area contributed by atoms with Crippen LogP contribution in [-0.4, -0.2) is 41.3 Å². The van der Waals surface area contributed by atoms with Crippen molar-refractivity contribution in [1.29, 1.82) is 0 Å². The molecule has 0 heterocycles. The average molecular weight is 320 g/mol. The van der Waals surface area contributed by atoms with E-state index in [0.29, 0.717) is 5.56 Å². The second-order valence-electron chi connectivity index (χ2n) is 4.27. The molecule has 0 saturated carbocycles. The third-order valence-corrected chi connectivity index (χ3v) is 4.42. The summed E-state index contributed by atoms with van der Waals surface area (Å²) in [5.74, 6) is -0.611. The van der Waals surface area contributed by atoms with E-state index in [1.54, 1.807) is 0 Å². The molecule has 1 aromatic rings. The minimum absolute atomic E-state index is 0.128. The summed E-state index contributed by atoms with van der Waals surface area (Å²) in [4.78, 5) is 11.8. The van der Waals surface area contributed by atoms with E-state index in [1.165, 1.54) is 24.3 Å². The van der Waals surface area contributed by atoms with Gasteiger partial charge in [-0.2, -0.15) is 0 Å². The first-order valence-corrected chi connectivity index (χ1v) is 9.29. The summed E-state index contributed by atoms with van der Waals surface area (Å²) in [5, 5.41) is 7.34. The summed E-state index contributed by atoms with van der Waals surface area (Å²) in [6, 6.07) is 5.47. The molecule has 0 spiro atoms. The monoisotopic (exact) mass is 320 g/mol. The summed E-state index contributed by atoms with van der Waals surface area (Å²) in [5.41, 5.74) is 0.299. The Bertz CT molecular complexity index is 678. The molecule has 1 aromatic carbocycles. The van der Waals surface area contributed by atoms with E-state index in [-0.39, 0.29) is 23.6 Å². The number of hydrogen-bond acceptors (Lipinski definition) is 5. The zero-order chi connectivity index (χ0) is 15.4. The van der Waals surface area contributed by atoms with E-state index < -0.39 is 25.8 Å². The molecule has 112 valence electrons. The molecular formula is C11H16N2O5S2. The summed E-state index contributed by atoms with van der Waals surface area (Å²) in [6.45, 7) is 0.170. The van der Waals surface area contributed by atoms with Gasteiger partial charge in [-0.3, -0.25) is 4.79 Å². The van der Waals surface area contributed by atoms with Crippen LogP contribution in [0.25, 0.3) is 0 Å². The van der Waals surface area contributed by atoms with Crippen LogP contribution in [0.5, 0.6) is 0 Å². The van der Waals surface area contributed by atoms with Gasteiger partial charge >= 0.3 is 0 Å². The highest BCUT2D eigenvalue weighted by atomic mass is 32.2. The van der Waals surface area contributed by atoms with Gasteiger partial charge in [-0.1, -0.05) is 0 Å². The smallest absolute Gasteiger partial charge is 0.251 e. The minimum atomic E-state index is -3.53. The van der Waals surface area contributed by atoms with Gasteiger partial charge in [0.25, 0.3) is 5.91 Å². The predicted molar refractivity (Wildman–Crippen MR) is 74.5 cm³/mol. The minimum Gasteiger partial charge on any atom is -0.352 e. The van der Waals surface area contributed by atoms with E-state index in [9.17, 15) is 21.6 Å². The summed E-state index contributed by atoms with van der Waals surface area (Å²) in [7, 11) is -6.82. The van der Waals surface area contributed by atoms with Gasteiger partial charge in [0.15, 0.2) is 9.84 Å². The molecule has 3 N–H and O–H groups in total. The normalized spacial score (nSPS) is 12.1. The quantitative estimate of drug-likeness (QED) is 0.684. The zero-order valence-corrected chi connectivity index (χ0v) is 12.5. The molecule has 0 saturated heterocycles. The van der Waals surface area contributed by atoms with Gasteiger partial charge in [-0.25, -0.2) is 22.0 Å². The first kappa shape index (κ1) is 16.6. The molecule has 0 atom stereocenters. The Morgan fingerprint density at radius 3 is 2.15 bits per heavy atom. The number of carbonyl (C=O) groups excluding carboxylic acids is 1. The summed E-state index contributed by atoms with van der Waals surface area (Å²) in [6.07, 6.45) is 1.29. The van der Waals surface area contributed by atoms with Crippen LogP contribution in [0, 0.1) is 0 Å². The van der Waals surface area contributed by atoms with Crippen LogP contribution in [0.1, 0.15) is 16.8 Å². The highest BCUT2D eigenvalue weighted by Crippen LogP contribution is 2.10. The van der Waals surface area contributed by atoms with Crippen LogP contribution in [-0.2, 0) is 19.9 Å². The Morgan fingerprint density at radius 2 is 1.70 bits per heavy atom. The van der Waals surface area contributed by atoms with Gasteiger partial charge < -0.3 is 5.32 Å². The number of benzene rings is 1. The fourth-order valence-electron chi connectivity index (χ4n) is 1.43. The molecule has 0 aliphatic carbocycles. The lowest BCUT2D eigenvalue weighted by atomic mass is 10.2. The molecule has 0 unspecified atom stereocenters. The van der Waals surface area contributed by atoms with E-state index in [4.69, 9.17) is 5.14 Å². The van der Waals surface area contributed by atoms with Crippen molar-refractivity contribution in [3.8, 4) is 0 Å². The van der Waals surface area contributed by atoms with E-state index in [0.717, 1.165) is 6.26 Å². The highest BCUT2D eigenvalue weighted by Gasteiger charge is 2.10. The Labute approximate surface area is 118 Å². The standard InChI is InChI=1S/C11H16N2O5S2/c1-19(15,16)10-5-3-9(4-6-10)11(14)13-7-2-8-20(12,17)18/h3-6H,2,7-8H2,1H3,(H,13,14)(H2,12,17,18). The maximum absolute atomic E-state index is 11.7. The van der Waals surface area contributed by atoms with Gasteiger partial charge in [0.05, 0.1) is 10.6 Å². The maximum atomic E-state index is 11.7.